The highest BCUT2D eigenvalue weighted by Crippen LogP contribution is 2.15. The Morgan fingerprint density at radius 3 is 2.07 bits per heavy atom. The maximum Gasteiger partial charge on any atom is 0.118 e. The highest BCUT2D eigenvalue weighted by Gasteiger charge is 2.17. The van der Waals surface area contributed by atoms with E-state index in [0.29, 0.717) is 6.54 Å². The Bertz CT molecular complexity index is 134. The fourth-order valence-corrected chi connectivity index (χ4v) is 1.27. The van der Waals surface area contributed by atoms with Crippen LogP contribution in [0.4, 0.5) is 4.39 Å². The second-order valence-corrected chi connectivity index (χ2v) is 2.92. The molecule has 0 spiro atoms. The van der Waals surface area contributed by atoms with E-state index in [2.05, 4.69) is 6.58 Å². The highest BCUT2D eigenvalue weighted by atomic mass is 19.1. The van der Waals surface area contributed by atoms with Gasteiger partial charge in [-0.1, -0.05) is 34.3 Å². The van der Waals surface area contributed by atoms with Crippen molar-refractivity contribution in [3.8, 4) is 0 Å². The maximum atomic E-state index is 12.7. The molecule has 1 aliphatic rings. The van der Waals surface area contributed by atoms with Crippen molar-refractivity contribution in [1.29, 1.82) is 0 Å². The fraction of sp³-hybridized carbons (Fsp3) is 0.833. The lowest BCUT2D eigenvalue weighted by Crippen LogP contribution is -2.34. The first-order chi connectivity index (χ1) is 6.70. The Morgan fingerprint density at radius 2 is 1.79 bits per heavy atom. The monoisotopic (exact) mass is 203 g/mol. The SMILES string of the molecule is C=C(C)N1CCCC(F)C1.CC.CC. The van der Waals surface area contributed by atoms with Crippen molar-refractivity contribution in [2.45, 2.75) is 53.6 Å². The number of hydrogen-bond donors (Lipinski definition) is 0. The van der Waals surface area contributed by atoms with Crippen molar-refractivity contribution in [2.24, 2.45) is 0 Å². The zero-order chi connectivity index (χ0) is 11.6. The Balaban J connectivity index is 0. The summed E-state index contributed by atoms with van der Waals surface area (Å²) in [5, 5.41) is 0. The van der Waals surface area contributed by atoms with Crippen LogP contribution in [-0.2, 0) is 0 Å². The normalized spacial score (nSPS) is 19.9. The molecule has 0 aromatic carbocycles. The zero-order valence-electron chi connectivity index (χ0n) is 10.4. The molecule has 0 bridgehead atoms. The zero-order valence-corrected chi connectivity index (χ0v) is 10.4. The first-order valence-corrected chi connectivity index (χ1v) is 5.74. The molecule has 0 aliphatic carbocycles. The van der Waals surface area contributed by atoms with Crippen molar-refractivity contribution in [3.63, 3.8) is 0 Å². The van der Waals surface area contributed by atoms with Crippen LogP contribution in [0.2, 0.25) is 0 Å². The van der Waals surface area contributed by atoms with Gasteiger partial charge in [-0.15, -0.1) is 0 Å². The molecule has 0 radical (unpaired) electrons. The lowest BCUT2D eigenvalue weighted by Gasteiger charge is -2.30. The molecule has 86 valence electrons. The molecule has 0 aromatic heterocycles. The molecule has 1 nitrogen and oxygen atoms in total. The Hall–Kier alpha value is -0.530. The van der Waals surface area contributed by atoms with Gasteiger partial charge in [-0.25, -0.2) is 4.39 Å². The van der Waals surface area contributed by atoms with Crippen LogP contribution in [0.5, 0.6) is 0 Å². The molecular weight excluding hydrogens is 177 g/mol. The molecule has 0 amide bonds. The van der Waals surface area contributed by atoms with Gasteiger partial charge in [0.2, 0.25) is 0 Å². The average Bonchev–Trinajstić information content (AvgIpc) is 2.24. The van der Waals surface area contributed by atoms with Gasteiger partial charge in [0, 0.05) is 18.8 Å². The highest BCUT2D eigenvalue weighted by molar-refractivity contribution is 4.91. The third-order valence-electron chi connectivity index (χ3n) is 1.90. The van der Waals surface area contributed by atoms with Crippen LogP contribution in [0.15, 0.2) is 12.3 Å². The van der Waals surface area contributed by atoms with Crippen LogP contribution in [0, 0.1) is 0 Å². The van der Waals surface area contributed by atoms with Crippen LogP contribution in [0.3, 0.4) is 0 Å². The summed E-state index contributed by atoms with van der Waals surface area (Å²) in [6, 6.07) is 0. The van der Waals surface area contributed by atoms with Gasteiger partial charge < -0.3 is 4.90 Å². The van der Waals surface area contributed by atoms with Gasteiger partial charge >= 0.3 is 0 Å². The molecule has 1 aliphatic heterocycles. The lowest BCUT2D eigenvalue weighted by atomic mass is 10.1. The predicted octanol–water partition coefficient (Wildman–Crippen LogP) is 4.01. The smallest absolute Gasteiger partial charge is 0.118 e. The van der Waals surface area contributed by atoms with Crippen molar-refractivity contribution in [2.75, 3.05) is 13.1 Å². The van der Waals surface area contributed by atoms with Gasteiger partial charge in [-0.3, -0.25) is 0 Å². The summed E-state index contributed by atoms with van der Waals surface area (Å²) in [5.41, 5.74) is 0.988. The molecule has 0 N–H and O–H groups in total. The second-order valence-electron chi connectivity index (χ2n) is 2.92. The van der Waals surface area contributed by atoms with Gasteiger partial charge in [-0.05, 0) is 19.8 Å². The predicted molar refractivity (Wildman–Crippen MR) is 63.2 cm³/mol. The number of piperidine rings is 1. The van der Waals surface area contributed by atoms with E-state index in [1.54, 1.807) is 0 Å². The molecule has 0 saturated carbocycles. The van der Waals surface area contributed by atoms with Crippen LogP contribution in [-0.4, -0.2) is 24.2 Å². The van der Waals surface area contributed by atoms with E-state index in [4.69, 9.17) is 0 Å². The summed E-state index contributed by atoms with van der Waals surface area (Å²) >= 11 is 0. The van der Waals surface area contributed by atoms with Crippen molar-refractivity contribution >= 4 is 0 Å². The van der Waals surface area contributed by atoms with Gasteiger partial charge in [0.1, 0.15) is 6.17 Å². The quantitative estimate of drug-likeness (QED) is 0.622. The first-order valence-electron chi connectivity index (χ1n) is 5.74. The number of allylic oxidation sites excluding steroid dienone is 1. The van der Waals surface area contributed by atoms with E-state index < -0.39 is 6.17 Å². The van der Waals surface area contributed by atoms with Crippen LogP contribution < -0.4 is 0 Å². The topological polar surface area (TPSA) is 3.24 Å². The molecule has 1 unspecified atom stereocenters. The van der Waals surface area contributed by atoms with Crippen molar-refractivity contribution < 1.29 is 4.39 Å². The van der Waals surface area contributed by atoms with E-state index in [9.17, 15) is 4.39 Å². The molecule has 1 fully saturated rings. The molecule has 1 rings (SSSR count). The van der Waals surface area contributed by atoms with E-state index in [0.717, 1.165) is 25.1 Å². The summed E-state index contributed by atoms with van der Waals surface area (Å²) in [6.45, 7) is 15.2. The molecule has 1 atom stereocenters. The number of hydrogen-bond acceptors (Lipinski definition) is 1. The molecular formula is C12H26FN. The molecule has 0 aromatic rings. The minimum absolute atomic E-state index is 0.551. The third-order valence-corrected chi connectivity index (χ3v) is 1.90. The molecule has 2 heteroatoms. The van der Waals surface area contributed by atoms with Gasteiger partial charge in [0.25, 0.3) is 0 Å². The van der Waals surface area contributed by atoms with Crippen LogP contribution in [0.1, 0.15) is 47.5 Å². The minimum Gasteiger partial charge on any atom is -0.373 e. The van der Waals surface area contributed by atoms with E-state index >= 15 is 0 Å². The Morgan fingerprint density at radius 1 is 1.29 bits per heavy atom. The number of halogens is 1. The summed E-state index contributed by atoms with van der Waals surface area (Å²) in [6.07, 6.45) is 1.06. The molecule has 14 heavy (non-hydrogen) atoms. The Labute approximate surface area is 89.0 Å². The summed E-state index contributed by atoms with van der Waals surface area (Å²) < 4.78 is 12.7. The van der Waals surface area contributed by atoms with Crippen molar-refractivity contribution in [3.05, 3.63) is 12.3 Å². The molecule has 1 saturated heterocycles. The summed E-state index contributed by atoms with van der Waals surface area (Å²) in [5.74, 6) is 0. The van der Waals surface area contributed by atoms with Gasteiger partial charge in [-0.2, -0.15) is 0 Å². The second kappa shape index (κ2) is 10.6. The van der Waals surface area contributed by atoms with Crippen molar-refractivity contribution in [1.82, 2.24) is 4.90 Å². The summed E-state index contributed by atoms with van der Waals surface area (Å²) in [7, 11) is 0. The van der Waals surface area contributed by atoms with Gasteiger partial charge in [0.05, 0.1) is 0 Å². The minimum atomic E-state index is -0.634. The van der Waals surface area contributed by atoms with E-state index in [1.165, 1.54) is 0 Å². The maximum absolute atomic E-state index is 12.7. The summed E-state index contributed by atoms with van der Waals surface area (Å²) in [4.78, 5) is 2.01. The van der Waals surface area contributed by atoms with Gasteiger partial charge in [0.15, 0.2) is 0 Å². The third kappa shape index (κ3) is 6.93. The number of nitrogens with zero attached hydrogens (tertiary/aromatic N) is 1. The lowest BCUT2D eigenvalue weighted by molar-refractivity contribution is 0.169. The fourth-order valence-electron chi connectivity index (χ4n) is 1.27. The largest absolute Gasteiger partial charge is 0.373 e. The number of alkyl halides is 1. The van der Waals surface area contributed by atoms with Crippen LogP contribution in [0.25, 0.3) is 0 Å². The number of likely N-dealkylation sites (tertiary alicyclic amines) is 1. The Kier molecular flexibility index (Phi) is 12.0. The molecule has 1 heterocycles. The first kappa shape index (κ1) is 15.9. The van der Waals surface area contributed by atoms with Crippen LogP contribution >= 0.6 is 0 Å². The number of rotatable bonds is 1. The van der Waals surface area contributed by atoms with E-state index in [1.807, 2.05) is 39.5 Å². The standard InChI is InChI=1S/C8H14FN.2C2H6/c1-7(2)10-5-3-4-8(9)6-10;2*1-2/h8H,1,3-6H2,2H3;2*1-2H3. The van der Waals surface area contributed by atoms with E-state index in [-0.39, 0.29) is 0 Å². The average molecular weight is 203 g/mol.